The Kier molecular flexibility index (Phi) is 25.1. The number of hydrogen-bond acceptors (Lipinski definition) is 14. The van der Waals surface area contributed by atoms with Crippen molar-refractivity contribution >= 4 is 19.0 Å². The molecule has 4 aromatic rings. The highest BCUT2D eigenvalue weighted by Crippen LogP contribution is 2.42. The third-order valence-corrected chi connectivity index (χ3v) is 8.65. The van der Waals surface area contributed by atoms with Crippen molar-refractivity contribution < 1.29 is 74.9 Å². The maximum atomic E-state index is 13.6. The summed E-state index contributed by atoms with van der Waals surface area (Å²) in [7, 11) is 1.64. The van der Waals surface area contributed by atoms with Crippen molar-refractivity contribution in [3.8, 4) is 39.8 Å². The second-order valence-corrected chi connectivity index (χ2v) is 13.2. The van der Waals surface area contributed by atoms with Gasteiger partial charge in [-0.3, -0.25) is 4.79 Å². The molecule has 4 rings (SSSR count). The van der Waals surface area contributed by atoms with Crippen molar-refractivity contribution in [2.24, 2.45) is 0 Å². The number of halogens is 2. The molecule has 0 aliphatic carbocycles. The number of aromatic amines is 2. The van der Waals surface area contributed by atoms with Crippen LogP contribution in [0, 0.1) is 0 Å². The SMILES string of the molecule is COCCOCCOCCOc1cc(-c2ccc(C(=O)/C=C(\OB(F)F)c3ccc(-c4ccccc4)[nH]3)[nH]2)cc(OCCOCCOCCOC)c1OCCOCCOCCOC. The van der Waals surface area contributed by atoms with Crippen LogP contribution in [0.5, 0.6) is 17.2 Å². The van der Waals surface area contributed by atoms with Crippen molar-refractivity contribution in [2.45, 2.75) is 0 Å². The van der Waals surface area contributed by atoms with E-state index < -0.39 is 13.3 Å². The van der Waals surface area contributed by atoms with Crippen LogP contribution < -0.4 is 14.2 Å². The van der Waals surface area contributed by atoms with Crippen molar-refractivity contribution in [2.75, 3.05) is 140 Å². The van der Waals surface area contributed by atoms with Gasteiger partial charge in [-0.25, -0.2) is 8.63 Å². The van der Waals surface area contributed by atoms with Crippen molar-refractivity contribution in [3.05, 3.63) is 84.2 Å². The highest BCUT2D eigenvalue weighted by molar-refractivity contribution is 6.36. The van der Waals surface area contributed by atoms with E-state index >= 15 is 0 Å². The Balaban J connectivity index is 1.55. The average molecular weight is 889 g/mol. The molecule has 0 spiro atoms. The molecule has 346 valence electrons. The predicted molar refractivity (Wildman–Crippen MR) is 231 cm³/mol. The van der Waals surface area contributed by atoms with Crippen LogP contribution in [-0.2, 0) is 47.3 Å². The lowest BCUT2D eigenvalue weighted by molar-refractivity contribution is 0.0146. The maximum absolute atomic E-state index is 13.6. The predicted octanol–water partition coefficient (Wildman–Crippen LogP) is 6.02. The maximum Gasteiger partial charge on any atom is 0.796 e. The number of aromatic nitrogens is 2. The van der Waals surface area contributed by atoms with Gasteiger partial charge in [-0.1, -0.05) is 30.3 Å². The molecule has 0 unspecified atom stereocenters. The highest BCUT2D eigenvalue weighted by atomic mass is 19.2. The zero-order valence-corrected chi connectivity index (χ0v) is 36.2. The van der Waals surface area contributed by atoms with Crippen LogP contribution in [0.3, 0.4) is 0 Å². The van der Waals surface area contributed by atoms with Crippen LogP contribution in [0.4, 0.5) is 8.63 Å². The number of methoxy groups -OCH3 is 3. The Morgan fingerprint density at radius 1 is 0.508 bits per heavy atom. The lowest BCUT2D eigenvalue weighted by Crippen LogP contribution is -2.15. The summed E-state index contributed by atoms with van der Waals surface area (Å²) in [6.07, 6.45) is 1.02. The number of ether oxygens (including phenoxy) is 12. The molecule has 0 fully saturated rings. The summed E-state index contributed by atoms with van der Waals surface area (Å²) in [5, 5.41) is 0. The smallest absolute Gasteiger partial charge is 0.503 e. The van der Waals surface area contributed by atoms with Gasteiger partial charge >= 0.3 is 7.47 Å². The lowest BCUT2D eigenvalue weighted by atomic mass is 10.1. The van der Waals surface area contributed by atoms with Gasteiger partial charge in [0.25, 0.3) is 0 Å². The second-order valence-electron chi connectivity index (χ2n) is 13.2. The van der Waals surface area contributed by atoms with Gasteiger partial charge in [0.2, 0.25) is 11.5 Å². The summed E-state index contributed by atoms with van der Waals surface area (Å²) in [4.78, 5) is 19.8. The van der Waals surface area contributed by atoms with Gasteiger partial charge in [-0.15, -0.1) is 0 Å². The Bertz CT molecular complexity index is 1820. The van der Waals surface area contributed by atoms with Crippen molar-refractivity contribution in [3.63, 3.8) is 0 Å². The molecule has 2 aromatic carbocycles. The second kappa shape index (κ2) is 31.1. The normalized spacial score (nSPS) is 11.5. The fraction of sp³-hybridized carbons (Fsp3) is 0.477. The summed E-state index contributed by atoms with van der Waals surface area (Å²) >= 11 is 0. The van der Waals surface area contributed by atoms with E-state index in [9.17, 15) is 13.4 Å². The molecule has 0 amide bonds. The molecule has 0 saturated carbocycles. The van der Waals surface area contributed by atoms with Crippen LogP contribution >= 0.6 is 0 Å². The minimum atomic E-state index is -3.17. The quantitative estimate of drug-likeness (QED) is 0.0177. The summed E-state index contributed by atoms with van der Waals surface area (Å²) in [5.41, 5.74) is 2.90. The van der Waals surface area contributed by atoms with Gasteiger partial charge in [0.15, 0.2) is 11.5 Å². The first-order valence-electron chi connectivity index (χ1n) is 20.6. The summed E-state index contributed by atoms with van der Waals surface area (Å²) in [6.45, 7) is 6.26. The van der Waals surface area contributed by atoms with Gasteiger partial charge in [-0.05, 0) is 42.0 Å². The molecule has 0 aliphatic heterocycles. The van der Waals surface area contributed by atoms with Crippen molar-refractivity contribution in [1.29, 1.82) is 0 Å². The minimum Gasteiger partial charge on any atom is -0.503 e. The lowest BCUT2D eigenvalue weighted by Gasteiger charge is -2.19. The Hall–Kier alpha value is -4.83. The first-order chi connectivity index (χ1) is 30.9. The van der Waals surface area contributed by atoms with Gasteiger partial charge < -0.3 is 71.5 Å². The van der Waals surface area contributed by atoms with E-state index in [1.165, 1.54) is 0 Å². The van der Waals surface area contributed by atoms with Gasteiger partial charge in [-0.2, -0.15) is 0 Å². The standard InChI is InChI=1S/C44H59BF2N2O14/c1-51-13-16-54-19-22-57-25-28-60-42-31-35(32-43(61-29-26-58-23-20-55-17-14-52-2)44(42)62-30-27-59-24-21-56-18-15-53-3)37-9-11-38(48-37)40(50)33-41(63-45(46)47)39-12-10-36(49-39)34-7-5-4-6-8-34/h4-12,31-33,48-49H,13-30H2,1-3H3/b41-33-. The molecule has 0 bridgehead atoms. The Morgan fingerprint density at radius 3 is 1.40 bits per heavy atom. The number of benzene rings is 2. The van der Waals surface area contributed by atoms with Crippen LogP contribution in [0.2, 0.25) is 0 Å². The average Bonchev–Trinajstić information content (AvgIpc) is 4.00. The zero-order chi connectivity index (χ0) is 44.7. The van der Waals surface area contributed by atoms with Gasteiger partial charge in [0, 0.05) is 44.4 Å². The molecule has 16 nitrogen and oxygen atoms in total. The number of rotatable bonds is 37. The first-order valence-corrected chi connectivity index (χ1v) is 20.6. The molecule has 0 atom stereocenters. The molecule has 0 saturated heterocycles. The van der Waals surface area contributed by atoms with E-state index in [0.717, 1.165) is 11.6 Å². The van der Waals surface area contributed by atoms with Crippen LogP contribution in [0.15, 0.2) is 72.8 Å². The number of allylic oxidation sites excluding steroid dienone is 1. The van der Waals surface area contributed by atoms with Crippen LogP contribution in [0.25, 0.3) is 28.3 Å². The van der Waals surface area contributed by atoms with Crippen LogP contribution in [-0.4, -0.2) is 163 Å². The third kappa shape index (κ3) is 19.6. The molecule has 0 radical (unpaired) electrons. The van der Waals surface area contributed by atoms with E-state index in [1.54, 1.807) is 57.7 Å². The van der Waals surface area contributed by atoms with Gasteiger partial charge in [0.05, 0.1) is 110 Å². The van der Waals surface area contributed by atoms with E-state index in [-0.39, 0.29) is 56.8 Å². The third-order valence-electron chi connectivity index (χ3n) is 8.65. The number of carbonyl (C=O) groups is 1. The van der Waals surface area contributed by atoms with Crippen LogP contribution in [0.1, 0.15) is 16.2 Å². The number of nitrogens with one attached hydrogen (secondary N) is 2. The molecule has 2 heterocycles. The fourth-order valence-electron chi connectivity index (χ4n) is 5.61. The zero-order valence-electron chi connectivity index (χ0n) is 36.2. The fourth-order valence-corrected chi connectivity index (χ4v) is 5.61. The van der Waals surface area contributed by atoms with Gasteiger partial charge in [0.1, 0.15) is 25.6 Å². The number of carbonyl (C=O) groups excluding carboxylic acids is 1. The molecule has 0 aliphatic rings. The monoisotopic (exact) mass is 888 g/mol. The Morgan fingerprint density at radius 2 is 0.921 bits per heavy atom. The van der Waals surface area contributed by atoms with E-state index in [1.807, 2.05) is 30.3 Å². The number of H-pyrrole nitrogens is 2. The summed E-state index contributed by atoms with van der Waals surface area (Å²) < 4.78 is 99.2. The summed E-state index contributed by atoms with van der Waals surface area (Å²) in [6, 6.07) is 19.3. The van der Waals surface area contributed by atoms with E-state index in [0.29, 0.717) is 113 Å². The van der Waals surface area contributed by atoms with Crippen molar-refractivity contribution in [1.82, 2.24) is 9.97 Å². The topological polar surface area (TPSA) is 169 Å². The minimum absolute atomic E-state index is 0.117. The van der Waals surface area contributed by atoms with E-state index in [4.69, 9.17) is 61.5 Å². The first kappa shape index (κ1) is 50.8. The molecule has 2 N–H and O–H groups in total. The number of hydrogen-bond donors (Lipinski definition) is 2. The number of ketones is 1. The molecule has 2 aromatic heterocycles. The molecule has 19 heteroatoms. The largest absolute Gasteiger partial charge is 0.796 e. The molecular formula is C44H59BF2N2O14. The molecular weight excluding hydrogens is 829 g/mol. The van der Waals surface area contributed by atoms with E-state index in [2.05, 4.69) is 9.97 Å². The molecule has 63 heavy (non-hydrogen) atoms. The summed E-state index contributed by atoms with van der Waals surface area (Å²) in [5.74, 6) is 0.0418. The Labute approximate surface area is 367 Å². The highest BCUT2D eigenvalue weighted by Gasteiger charge is 2.23.